The van der Waals surface area contributed by atoms with Gasteiger partial charge in [0.25, 0.3) is 0 Å². The van der Waals surface area contributed by atoms with Crippen molar-refractivity contribution in [2.24, 2.45) is 7.05 Å². The zero-order valence-corrected chi connectivity index (χ0v) is 11.0. The van der Waals surface area contributed by atoms with E-state index in [9.17, 15) is 5.11 Å². The molecule has 1 atom stereocenters. The molecule has 3 heteroatoms. The molecule has 1 aromatic carbocycles. The van der Waals surface area contributed by atoms with E-state index in [4.69, 9.17) is 0 Å². The third-order valence-electron chi connectivity index (χ3n) is 3.35. The van der Waals surface area contributed by atoms with Crippen LogP contribution in [-0.4, -0.2) is 14.7 Å². The minimum atomic E-state index is -0.824. The fourth-order valence-corrected chi connectivity index (χ4v) is 2.33. The Morgan fingerprint density at radius 3 is 2.56 bits per heavy atom. The monoisotopic (exact) mass is 244 g/mol. The van der Waals surface area contributed by atoms with Crippen LogP contribution in [0.25, 0.3) is 0 Å². The Morgan fingerprint density at radius 2 is 2.00 bits per heavy atom. The van der Waals surface area contributed by atoms with Gasteiger partial charge in [-0.15, -0.1) is 0 Å². The van der Waals surface area contributed by atoms with Gasteiger partial charge < -0.3 is 9.67 Å². The van der Waals surface area contributed by atoms with Gasteiger partial charge in [-0.2, -0.15) is 0 Å². The highest BCUT2D eigenvalue weighted by Gasteiger charge is 2.29. The van der Waals surface area contributed by atoms with Gasteiger partial charge in [0.1, 0.15) is 5.82 Å². The lowest BCUT2D eigenvalue weighted by atomic mass is 9.86. The summed E-state index contributed by atoms with van der Waals surface area (Å²) in [5.41, 5.74) is 0.143. The second-order valence-corrected chi connectivity index (χ2v) is 4.78. The standard InChI is InChI=1S/C15H20N2O/c1-3-9-15(18,13-7-5-4-6-8-13)12-14-16-10-11-17(14)2/h4-8,10-11,18H,3,9,12H2,1-2H3. The van der Waals surface area contributed by atoms with Crippen molar-refractivity contribution in [3.05, 3.63) is 54.1 Å². The van der Waals surface area contributed by atoms with Gasteiger partial charge in [-0.05, 0) is 12.0 Å². The molecule has 2 rings (SSSR count). The van der Waals surface area contributed by atoms with Crippen molar-refractivity contribution in [3.63, 3.8) is 0 Å². The molecule has 0 radical (unpaired) electrons. The van der Waals surface area contributed by atoms with Gasteiger partial charge in [-0.25, -0.2) is 4.98 Å². The molecule has 1 N–H and O–H groups in total. The Balaban J connectivity index is 2.30. The van der Waals surface area contributed by atoms with Gasteiger partial charge in [0, 0.05) is 25.9 Å². The first-order chi connectivity index (χ1) is 8.65. The van der Waals surface area contributed by atoms with Crippen molar-refractivity contribution in [2.45, 2.75) is 31.8 Å². The van der Waals surface area contributed by atoms with Crippen molar-refractivity contribution in [1.29, 1.82) is 0 Å². The maximum Gasteiger partial charge on any atom is 0.111 e. The van der Waals surface area contributed by atoms with Crippen LogP contribution in [0.5, 0.6) is 0 Å². The van der Waals surface area contributed by atoms with Crippen molar-refractivity contribution < 1.29 is 5.11 Å². The third kappa shape index (κ3) is 2.62. The Labute approximate surface area is 108 Å². The largest absolute Gasteiger partial charge is 0.385 e. The summed E-state index contributed by atoms with van der Waals surface area (Å²) in [6, 6.07) is 9.87. The minimum Gasteiger partial charge on any atom is -0.385 e. The molecule has 0 spiro atoms. The molecule has 96 valence electrons. The van der Waals surface area contributed by atoms with Gasteiger partial charge >= 0.3 is 0 Å². The minimum absolute atomic E-state index is 0.550. The van der Waals surface area contributed by atoms with E-state index in [1.54, 1.807) is 6.20 Å². The van der Waals surface area contributed by atoms with Crippen LogP contribution < -0.4 is 0 Å². The van der Waals surface area contributed by atoms with Gasteiger partial charge in [0.05, 0.1) is 5.60 Å². The zero-order valence-electron chi connectivity index (χ0n) is 11.0. The highest BCUT2D eigenvalue weighted by molar-refractivity contribution is 5.23. The van der Waals surface area contributed by atoms with Crippen molar-refractivity contribution in [3.8, 4) is 0 Å². The van der Waals surface area contributed by atoms with Gasteiger partial charge in [0.15, 0.2) is 0 Å². The first-order valence-electron chi connectivity index (χ1n) is 6.40. The van der Waals surface area contributed by atoms with Crippen LogP contribution in [0.1, 0.15) is 31.2 Å². The Morgan fingerprint density at radius 1 is 1.28 bits per heavy atom. The van der Waals surface area contributed by atoms with E-state index < -0.39 is 5.60 Å². The number of nitrogens with zero attached hydrogens (tertiary/aromatic N) is 2. The van der Waals surface area contributed by atoms with Crippen LogP contribution in [0.15, 0.2) is 42.7 Å². The smallest absolute Gasteiger partial charge is 0.111 e. The number of aryl methyl sites for hydroxylation is 1. The van der Waals surface area contributed by atoms with E-state index in [1.807, 2.05) is 48.1 Å². The molecular weight excluding hydrogens is 224 g/mol. The van der Waals surface area contributed by atoms with Crippen LogP contribution >= 0.6 is 0 Å². The predicted molar refractivity (Wildman–Crippen MR) is 72.2 cm³/mol. The molecule has 1 aromatic heterocycles. The number of aromatic nitrogens is 2. The zero-order chi connectivity index (χ0) is 13.0. The second kappa shape index (κ2) is 5.36. The van der Waals surface area contributed by atoms with Crippen molar-refractivity contribution >= 4 is 0 Å². The lowest BCUT2D eigenvalue weighted by Gasteiger charge is -2.28. The predicted octanol–water partition coefficient (Wildman–Crippen LogP) is 2.65. The lowest BCUT2D eigenvalue weighted by Crippen LogP contribution is -2.29. The maximum absolute atomic E-state index is 10.9. The number of benzene rings is 1. The summed E-state index contributed by atoms with van der Waals surface area (Å²) in [6.07, 6.45) is 5.91. The maximum atomic E-state index is 10.9. The average molecular weight is 244 g/mol. The SMILES string of the molecule is CCCC(O)(Cc1nccn1C)c1ccccc1. The van der Waals surface area contributed by atoms with Crippen LogP contribution in [0, 0.1) is 0 Å². The molecule has 0 amide bonds. The van der Waals surface area contributed by atoms with E-state index >= 15 is 0 Å². The summed E-state index contributed by atoms with van der Waals surface area (Å²) in [5.74, 6) is 0.912. The molecule has 0 fully saturated rings. The van der Waals surface area contributed by atoms with Crippen molar-refractivity contribution in [2.75, 3.05) is 0 Å². The second-order valence-electron chi connectivity index (χ2n) is 4.78. The Hall–Kier alpha value is -1.61. The highest BCUT2D eigenvalue weighted by atomic mass is 16.3. The summed E-state index contributed by atoms with van der Waals surface area (Å²) in [5, 5.41) is 10.9. The molecule has 0 saturated carbocycles. The summed E-state index contributed by atoms with van der Waals surface area (Å²) in [7, 11) is 1.96. The van der Waals surface area contributed by atoms with E-state index in [1.165, 1.54) is 0 Å². The summed E-state index contributed by atoms with van der Waals surface area (Å²) >= 11 is 0. The van der Waals surface area contributed by atoms with Gasteiger partial charge in [-0.3, -0.25) is 0 Å². The fraction of sp³-hybridized carbons (Fsp3) is 0.400. The van der Waals surface area contributed by atoms with Crippen LogP contribution in [-0.2, 0) is 19.1 Å². The third-order valence-corrected chi connectivity index (χ3v) is 3.35. The molecule has 1 unspecified atom stereocenters. The van der Waals surface area contributed by atoms with E-state index in [0.29, 0.717) is 6.42 Å². The molecule has 18 heavy (non-hydrogen) atoms. The summed E-state index contributed by atoms with van der Waals surface area (Å²) in [4.78, 5) is 4.31. The molecule has 3 nitrogen and oxygen atoms in total. The summed E-state index contributed by atoms with van der Waals surface area (Å²) < 4.78 is 1.96. The topological polar surface area (TPSA) is 38.1 Å². The molecule has 0 bridgehead atoms. The fourth-order valence-electron chi connectivity index (χ4n) is 2.33. The summed E-state index contributed by atoms with van der Waals surface area (Å²) in [6.45, 7) is 2.09. The molecular formula is C15H20N2O. The first kappa shape index (κ1) is 12.8. The van der Waals surface area contributed by atoms with Gasteiger partial charge in [0.2, 0.25) is 0 Å². The molecule has 0 aliphatic heterocycles. The highest BCUT2D eigenvalue weighted by Crippen LogP contribution is 2.29. The number of imidazole rings is 1. The molecule has 0 aliphatic rings. The lowest BCUT2D eigenvalue weighted by molar-refractivity contribution is 0.0243. The number of hydrogen-bond acceptors (Lipinski definition) is 2. The quantitative estimate of drug-likeness (QED) is 0.878. The van der Waals surface area contributed by atoms with Crippen LogP contribution in [0.4, 0.5) is 0 Å². The molecule has 2 aromatic rings. The van der Waals surface area contributed by atoms with E-state index in [0.717, 1.165) is 24.2 Å². The molecule has 1 heterocycles. The Bertz CT molecular complexity index is 492. The van der Waals surface area contributed by atoms with E-state index in [2.05, 4.69) is 11.9 Å². The average Bonchev–Trinajstić information content (AvgIpc) is 2.76. The van der Waals surface area contributed by atoms with Crippen LogP contribution in [0.3, 0.4) is 0 Å². The molecule has 0 aliphatic carbocycles. The van der Waals surface area contributed by atoms with E-state index in [-0.39, 0.29) is 0 Å². The Kier molecular flexibility index (Phi) is 3.82. The number of aliphatic hydroxyl groups is 1. The normalized spacial score (nSPS) is 14.4. The molecule has 0 saturated heterocycles. The van der Waals surface area contributed by atoms with Gasteiger partial charge in [-0.1, -0.05) is 43.7 Å². The van der Waals surface area contributed by atoms with Crippen molar-refractivity contribution in [1.82, 2.24) is 9.55 Å². The van der Waals surface area contributed by atoms with Crippen LogP contribution in [0.2, 0.25) is 0 Å². The first-order valence-corrected chi connectivity index (χ1v) is 6.40. The number of rotatable bonds is 5. The number of hydrogen-bond donors (Lipinski definition) is 1.